The van der Waals surface area contributed by atoms with E-state index in [2.05, 4.69) is 41.5 Å². The Balaban J connectivity index is 1.45. The lowest BCUT2D eigenvalue weighted by molar-refractivity contribution is -0.119. The van der Waals surface area contributed by atoms with Crippen LogP contribution in [0.5, 0.6) is 5.75 Å². The van der Waals surface area contributed by atoms with Gasteiger partial charge in [-0.15, -0.1) is 10.2 Å². The molecule has 1 aliphatic rings. The Morgan fingerprint density at radius 2 is 2.07 bits per heavy atom. The van der Waals surface area contributed by atoms with Crippen molar-refractivity contribution < 1.29 is 9.53 Å². The van der Waals surface area contributed by atoms with Crippen molar-refractivity contribution in [1.82, 2.24) is 20.1 Å². The van der Waals surface area contributed by atoms with Gasteiger partial charge in [-0.3, -0.25) is 4.79 Å². The lowest BCUT2D eigenvalue weighted by Gasteiger charge is -2.29. The fourth-order valence-corrected chi connectivity index (χ4v) is 4.89. The first-order valence-corrected chi connectivity index (χ1v) is 11.9. The SMILES string of the molecule is COc1ccc(CCCc2nnc(SCC(=O)N[C@@H]3CCCC[C@@H]3C)n2C)cc1C. The van der Waals surface area contributed by atoms with Gasteiger partial charge in [0, 0.05) is 19.5 Å². The van der Waals surface area contributed by atoms with Gasteiger partial charge in [0.05, 0.1) is 12.9 Å². The van der Waals surface area contributed by atoms with Gasteiger partial charge in [0.1, 0.15) is 11.6 Å². The standard InChI is InChI=1S/C23H34N4O2S/c1-16-8-5-6-10-19(16)24-22(28)15-30-23-26-25-21(27(23)3)11-7-9-18-12-13-20(29-4)17(2)14-18/h12-14,16,19H,5-11,15H2,1-4H3,(H,24,28)/t16-,19+/m0/s1. The monoisotopic (exact) mass is 430 g/mol. The van der Waals surface area contributed by atoms with E-state index in [4.69, 9.17) is 4.74 Å². The average molecular weight is 431 g/mol. The average Bonchev–Trinajstić information content (AvgIpc) is 3.08. The predicted octanol–water partition coefficient (Wildman–Crippen LogP) is 4.09. The van der Waals surface area contributed by atoms with Crippen molar-refractivity contribution in [2.24, 2.45) is 13.0 Å². The van der Waals surface area contributed by atoms with Crippen LogP contribution in [-0.4, -0.2) is 39.6 Å². The van der Waals surface area contributed by atoms with Gasteiger partial charge >= 0.3 is 0 Å². The minimum absolute atomic E-state index is 0.0955. The number of ether oxygens (including phenoxy) is 1. The molecule has 1 saturated carbocycles. The maximum atomic E-state index is 12.4. The quantitative estimate of drug-likeness (QED) is 0.607. The van der Waals surface area contributed by atoms with E-state index < -0.39 is 0 Å². The summed E-state index contributed by atoms with van der Waals surface area (Å²) in [5.74, 6) is 2.95. The third kappa shape index (κ3) is 6.00. The summed E-state index contributed by atoms with van der Waals surface area (Å²) >= 11 is 1.47. The summed E-state index contributed by atoms with van der Waals surface area (Å²) in [7, 11) is 3.68. The van der Waals surface area contributed by atoms with E-state index >= 15 is 0 Å². The summed E-state index contributed by atoms with van der Waals surface area (Å²) in [6, 6.07) is 6.66. The molecule has 0 bridgehead atoms. The van der Waals surface area contributed by atoms with Gasteiger partial charge < -0.3 is 14.6 Å². The molecule has 1 aliphatic carbocycles. The number of amides is 1. The number of benzene rings is 1. The minimum Gasteiger partial charge on any atom is -0.496 e. The maximum Gasteiger partial charge on any atom is 0.230 e. The molecule has 3 rings (SSSR count). The highest BCUT2D eigenvalue weighted by Crippen LogP contribution is 2.24. The van der Waals surface area contributed by atoms with Crippen molar-refractivity contribution in [3.63, 3.8) is 0 Å². The molecule has 1 N–H and O–H groups in total. The first-order chi connectivity index (χ1) is 14.5. The highest BCUT2D eigenvalue weighted by molar-refractivity contribution is 7.99. The van der Waals surface area contributed by atoms with Crippen molar-refractivity contribution in [2.75, 3.05) is 12.9 Å². The Morgan fingerprint density at radius 1 is 1.27 bits per heavy atom. The molecule has 2 aromatic rings. The number of nitrogens with one attached hydrogen (secondary N) is 1. The number of methoxy groups -OCH3 is 1. The molecule has 1 heterocycles. The maximum absolute atomic E-state index is 12.4. The minimum atomic E-state index is 0.0955. The third-order valence-corrected chi connectivity index (χ3v) is 7.06. The molecule has 0 spiro atoms. The summed E-state index contributed by atoms with van der Waals surface area (Å²) in [5.41, 5.74) is 2.46. The lowest BCUT2D eigenvalue weighted by Crippen LogP contribution is -2.41. The molecule has 1 aromatic carbocycles. The Hall–Kier alpha value is -2.02. The summed E-state index contributed by atoms with van der Waals surface area (Å²) in [4.78, 5) is 12.4. The molecule has 2 atom stereocenters. The van der Waals surface area contributed by atoms with Crippen LogP contribution < -0.4 is 10.1 Å². The topological polar surface area (TPSA) is 69.0 Å². The van der Waals surface area contributed by atoms with Crippen molar-refractivity contribution in [1.29, 1.82) is 0 Å². The second-order valence-corrected chi connectivity index (χ2v) is 9.28. The van der Waals surface area contributed by atoms with Gasteiger partial charge in [-0.25, -0.2) is 0 Å². The number of aryl methyl sites for hydroxylation is 3. The third-order valence-electron chi connectivity index (χ3n) is 6.04. The van der Waals surface area contributed by atoms with Gasteiger partial charge in [0.2, 0.25) is 5.91 Å². The number of nitrogens with zero attached hydrogens (tertiary/aromatic N) is 3. The lowest BCUT2D eigenvalue weighted by atomic mass is 9.86. The van der Waals surface area contributed by atoms with Crippen LogP contribution in [0.1, 0.15) is 56.0 Å². The van der Waals surface area contributed by atoms with Crippen molar-refractivity contribution in [3.8, 4) is 5.75 Å². The molecular weight excluding hydrogens is 396 g/mol. The molecule has 7 heteroatoms. The zero-order valence-corrected chi connectivity index (χ0v) is 19.4. The van der Waals surface area contributed by atoms with Crippen molar-refractivity contribution in [3.05, 3.63) is 35.2 Å². The highest BCUT2D eigenvalue weighted by Gasteiger charge is 2.23. The zero-order chi connectivity index (χ0) is 21.5. The van der Waals surface area contributed by atoms with E-state index in [-0.39, 0.29) is 5.91 Å². The van der Waals surface area contributed by atoms with Crippen LogP contribution in [0, 0.1) is 12.8 Å². The largest absolute Gasteiger partial charge is 0.496 e. The molecule has 0 aliphatic heterocycles. The van der Waals surface area contributed by atoms with Crippen LogP contribution >= 0.6 is 11.8 Å². The van der Waals surface area contributed by atoms with Gasteiger partial charge in [-0.1, -0.05) is 43.7 Å². The fourth-order valence-electron chi connectivity index (χ4n) is 4.14. The molecule has 1 fully saturated rings. The predicted molar refractivity (Wildman–Crippen MR) is 121 cm³/mol. The van der Waals surface area contributed by atoms with E-state index in [0.717, 1.165) is 48.0 Å². The van der Waals surface area contributed by atoms with Gasteiger partial charge in [-0.05, 0) is 55.7 Å². The molecule has 164 valence electrons. The number of aromatic nitrogens is 3. The first-order valence-electron chi connectivity index (χ1n) is 10.9. The van der Waals surface area contributed by atoms with Crippen LogP contribution in [0.25, 0.3) is 0 Å². The first kappa shape index (κ1) is 22.7. The molecule has 30 heavy (non-hydrogen) atoms. The summed E-state index contributed by atoms with van der Waals surface area (Å²) in [5, 5.41) is 12.6. The summed E-state index contributed by atoms with van der Waals surface area (Å²) in [6.07, 6.45) is 7.65. The molecule has 1 aromatic heterocycles. The normalized spacial score (nSPS) is 18.9. The van der Waals surface area contributed by atoms with Crippen LogP contribution in [0.15, 0.2) is 23.4 Å². The number of carbonyl (C=O) groups is 1. The molecule has 0 unspecified atom stereocenters. The van der Waals surface area contributed by atoms with E-state index in [0.29, 0.717) is 17.7 Å². The Bertz CT molecular complexity index is 852. The number of rotatable bonds is 9. The van der Waals surface area contributed by atoms with Crippen LogP contribution in [-0.2, 0) is 24.7 Å². The Labute approximate surface area is 184 Å². The van der Waals surface area contributed by atoms with Crippen LogP contribution in [0.4, 0.5) is 0 Å². The Morgan fingerprint density at radius 3 is 2.80 bits per heavy atom. The van der Waals surface area contributed by atoms with Crippen molar-refractivity contribution >= 4 is 17.7 Å². The summed E-state index contributed by atoms with van der Waals surface area (Å²) in [6.45, 7) is 4.30. The van der Waals surface area contributed by atoms with Gasteiger partial charge in [0.15, 0.2) is 5.16 Å². The smallest absolute Gasteiger partial charge is 0.230 e. The van der Waals surface area contributed by atoms with E-state index in [9.17, 15) is 4.79 Å². The molecule has 0 radical (unpaired) electrons. The number of hydrogen-bond donors (Lipinski definition) is 1. The highest BCUT2D eigenvalue weighted by atomic mass is 32.2. The van der Waals surface area contributed by atoms with Crippen LogP contribution in [0.3, 0.4) is 0 Å². The van der Waals surface area contributed by atoms with Gasteiger partial charge in [-0.2, -0.15) is 0 Å². The van der Waals surface area contributed by atoms with E-state index in [1.54, 1.807) is 7.11 Å². The molecule has 6 nitrogen and oxygen atoms in total. The number of hydrogen-bond acceptors (Lipinski definition) is 5. The Kier molecular flexibility index (Phi) is 8.19. The number of carbonyl (C=O) groups excluding carboxylic acids is 1. The fraction of sp³-hybridized carbons (Fsp3) is 0.609. The number of thioether (sulfide) groups is 1. The molecular formula is C23H34N4O2S. The van der Waals surface area contributed by atoms with Crippen molar-refractivity contribution in [2.45, 2.75) is 70.0 Å². The van der Waals surface area contributed by atoms with E-state index in [1.165, 1.54) is 36.6 Å². The molecule has 0 saturated heterocycles. The van der Waals surface area contributed by atoms with Gasteiger partial charge in [0.25, 0.3) is 0 Å². The second kappa shape index (κ2) is 10.8. The van der Waals surface area contributed by atoms with Crippen LogP contribution in [0.2, 0.25) is 0 Å². The second-order valence-electron chi connectivity index (χ2n) is 8.34. The summed E-state index contributed by atoms with van der Waals surface area (Å²) < 4.78 is 7.34. The van der Waals surface area contributed by atoms with E-state index in [1.807, 2.05) is 17.7 Å². The zero-order valence-electron chi connectivity index (χ0n) is 18.6. The molecule has 1 amide bonds.